The topological polar surface area (TPSA) is 68.0 Å². The second-order valence-electron chi connectivity index (χ2n) is 4.17. The van der Waals surface area contributed by atoms with Crippen LogP contribution in [0.1, 0.15) is 19.4 Å². The zero-order chi connectivity index (χ0) is 12.0. The third-order valence-corrected chi connectivity index (χ3v) is 2.46. The first-order valence-corrected chi connectivity index (χ1v) is 5.53. The van der Waals surface area contributed by atoms with Gasteiger partial charge in [0.15, 0.2) is 0 Å². The normalized spacial score (nSPS) is 11.1. The van der Waals surface area contributed by atoms with Crippen LogP contribution >= 0.6 is 24.8 Å². The van der Waals surface area contributed by atoms with Crippen molar-refractivity contribution < 1.29 is 4.79 Å². The van der Waals surface area contributed by atoms with E-state index in [9.17, 15) is 4.79 Å². The molecule has 0 aromatic carbocycles. The van der Waals surface area contributed by atoms with Gasteiger partial charge < -0.3 is 11.1 Å². The summed E-state index contributed by atoms with van der Waals surface area (Å²) in [7, 11) is 0. The van der Waals surface area contributed by atoms with Crippen molar-refractivity contribution in [2.45, 2.75) is 26.3 Å². The Morgan fingerprint density at radius 3 is 2.61 bits per heavy atom. The Balaban J connectivity index is 0. The molecule has 0 aliphatic rings. The predicted octanol–water partition coefficient (Wildman–Crippen LogP) is 1.57. The highest BCUT2D eigenvalue weighted by atomic mass is 35.5. The zero-order valence-electron chi connectivity index (χ0n) is 10.6. The number of hydrogen-bond acceptors (Lipinski definition) is 3. The molecule has 0 spiro atoms. The van der Waals surface area contributed by atoms with E-state index in [0.29, 0.717) is 6.54 Å². The summed E-state index contributed by atoms with van der Waals surface area (Å²) in [6.45, 7) is 4.47. The van der Waals surface area contributed by atoms with Crippen LogP contribution in [0.25, 0.3) is 0 Å². The molecular formula is C12H21Cl2N3O. The minimum atomic E-state index is -0.422. The van der Waals surface area contributed by atoms with Gasteiger partial charge in [0.05, 0.1) is 6.04 Å². The van der Waals surface area contributed by atoms with E-state index in [-0.39, 0.29) is 36.6 Å². The average Bonchev–Trinajstić information content (AvgIpc) is 2.29. The molecule has 6 heteroatoms. The minimum Gasteiger partial charge on any atom is -0.354 e. The molecule has 0 bridgehead atoms. The smallest absolute Gasteiger partial charge is 0.237 e. The number of nitrogens with zero attached hydrogens (tertiary/aromatic N) is 1. The number of pyridine rings is 1. The lowest BCUT2D eigenvalue weighted by atomic mass is 10.1. The van der Waals surface area contributed by atoms with Gasteiger partial charge in [-0.15, -0.1) is 24.8 Å². The van der Waals surface area contributed by atoms with Crippen molar-refractivity contribution >= 4 is 30.7 Å². The monoisotopic (exact) mass is 293 g/mol. The number of aromatic nitrogens is 1. The zero-order valence-corrected chi connectivity index (χ0v) is 12.3. The fourth-order valence-electron chi connectivity index (χ4n) is 1.30. The molecule has 1 atom stereocenters. The van der Waals surface area contributed by atoms with Gasteiger partial charge in [-0.05, 0) is 24.0 Å². The van der Waals surface area contributed by atoms with Crippen LogP contribution in [0.4, 0.5) is 0 Å². The van der Waals surface area contributed by atoms with Crippen LogP contribution in [0, 0.1) is 5.92 Å². The number of amides is 1. The Bertz CT molecular complexity index is 333. The Hall–Kier alpha value is -0.840. The van der Waals surface area contributed by atoms with E-state index in [2.05, 4.69) is 10.3 Å². The third kappa shape index (κ3) is 6.79. The van der Waals surface area contributed by atoms with Gasteiger partial charge in [0, 0.05) is 18.9 Å². The van der Waals surface area contributed by atoms with Crippen molar-refractivity contribution in [2.24, 2.45) is 11.7 Å². The molecule has 104 valence electrons. The molecule has 4 nitrogen and oxygen atoms in total. The Morgan fingerprint density at radius 2 is 2.11 bits per heavy atom. The van der Waals surface area contributed by atoms with Crippen molar-refractivity contribution in [1.29, 1.82) is 0 Å². The van der Waals surface area contributed by atoms with Gasteiger partial charge in [-0.3, -0.25) is 9.78 Å². The van der Waals surface area contributed by atoms with Crippen LogP contribution in [-0.2, 0) is 11.2 Å². The molecule has 1 aromatic heterocycles. The lowest BCUT2D eigenvalue weighted by molar-refractivity contribution is -0.123. The quantitative estimate of drug-likeness (QED) is 0.866. The van der Waals surface area contributed by atoms with Crippen LogP contribution in [-0.4, -0.2) is 23.5 Å². The van der Waals surface area contributed by atoms with E-state index in [0.717, 1.165) is 12.0 Å². The summed E-state index contributed by atoms with van der Waals surface area (Å²) in [6, 6.07) is 3.45. The van der Waals surface area contributed by atoms with Gasteiger partial charge in [-0.1, -0.05) is 19.9 Å². The van der Waals surface area contributed by atoms with Gasteiger partial charge in [0.1, 0.15) is 0 Å². The van der Waals surface area contributed by atoms with Crippen molar-refractivity contribution in [2.75, 3.05) is 6.54 Å². The van der Waals surface area contributed by atoms with Gasteiger partial charge in [-0.25, -0.2) is 0 Å². The van der Waals surface area contributed by atoms with E-state index in [1.54, 1.807) is 12.4 Å². The number of nitrogens with one attached hydrogen (secondary N) is 1. The summed E-state index contributed by atoms with van der Waals surface area (Å²) in [5, 5.41) is 2.82. The molecule has 1 rings (SSSR count). The van der Waals surface area contributed by atoms with E-state index < -0.39 is 6.04 Å². The molecule has 0 saturated heterocycles. The summed E-state index contributed by atoms with van der Waals surface area (Å²) >= 11 is 0. The predicted molar refractivity (Wildman–Crippen MR) is 78.3 cm³/mol. The van der Waals surface area contributed by atoms with Crippen LogP contribution in [0.2, 0.25) is 0 Å². The van der Waals surface area contributed by atoms with Crippen LogP contribution in [0.3, 0.4) is 0 Å². The first kappa shape index (κ1) is 19.5. The number of hydrogen-bond donors (Lipinski definition) is 2. The number of carbonyl (C=O) groups excluding carboxylic acids is 1. The van der Waals surface area contributed by atoms with Gasteiger partial charge in [0.2, 0.25) is 5.91 Å². The summed E-state index contributed by atoms with van der Waals surface area (Å²) in [6.07, 6.45) is 4.32. The average molecular weight is 294 g/mol. The molecule has 1 amide bonds. The summed E-state index contributed by atoms with van der Waals surface area (Å²) < 4.78 is 0. The molecule has 3 N–H and O–H groups in total. The fraction of sp³-hybridized carbons (Fsp3) is 0.500. The molecule has 18 heavy (non-hydrogen) atoms. The summed E-state index contributed by atoms with van der Waals surface area (Å²) in [5.74, 6) is 0.0808. The van der Waals surface area contributed by atoms with E-state index >= 15 is 0 Å². The maximum absolute atomic E-state index is 11.5. The second-order valence-corrected chi connectivity index (χ2v) is 4.17. The van der Waals surface area contributed by atoms with Gasteiger partial charge in [0.25, 0.3) is 0 Å². The molecule has 0 aliphatic heterocycles. The van der Waals surface area contributed by atoms with E-state index in [1.165, 1.54) is 0 Å². The lowest BCUT2D eigenvalue weighted by Crippen LogP contribution is -2.44. The van der Waals surface area contributed by atoms with Crippen LogP contribution in [0.15, 0.2) is 24.5 Å². The Labute approximate surface area is 121 Å². The van der Waals surface area contributed by atoms with Gasteiger partial charge in [-0.2, -0.15) is 0 Å². The molecule has 0 unspecified atom stereocenters. The second kappa shape index (κ2) is 10.1. The lowest BCUT2D eigenvalue weighted by Gasteiger charge is -2.15. The van der Waals surface area contributed by atoms with Crippen molar-refractivity contribution in [3.63, 3.8) is 0 Å². The van der Waals surface area contributed by atoms with Crippen molar-refractivity contribution in [1.82, 2.24) is 10.3 Å². The molecular weight excluding hydrogens is 273 g/mol. The largest absolute Gasteiger partial charge is 0.354 e. The number of nitrogens with two attached hydrogens (primary N) is 1. The Kier molecular flexibility index (Phi) is 11.0. The first-order valence-electron chi connectivity index (χ1n) is 5.53. The highest BCUT2D eigenvalue weighted by molar-refractivity contribution is 5.85. The SMILES string of the molecule is CC(C)[C@@H](N)C(=O)NCCc1cccnc1.Cl.Cl. The highest BCUT2D eigenvalue weighted by Crippen LogP contribution is 1.99. The van der Waals surface area contributed by atoms with Crippen LogP contribution < -0.4 is 11.1 Å². The fourth-order valence-corrected chi connectivity index (χ4v) is 1.30. The molecule has 1 heterocycles. The third-order valence-electron chi connectivity index (χ3n) is 2.46. The van der Waals surface area contributed by atoms with E-state index in [1.807, 2.05) is 26.0 Å². The maximum Gasteiger partial charge on any atom is 0.237 e. The minimum absolute atomic E-state index is 0. The maximum atomic E-state index is 11.5. The number of rotatable bonds is 5. The van der Waals surface area contributed by atoms with Crippen molar-refractivity contribution in [3.05, 3.63) is 30.1 Å². The number of carbonyl (C=O) groups is 1. The summed E-state index contributed by atoms with van der Waals surface area (Å²) in [5.41, 5.74) is 6.83. The standard InChI is InChI=1S/C12H19N3O.2ClH/c1-9(2)11(13)12(16)15-7-5-10-4-3-6-14-8-10;;/h3-4,6,8-9,11H,5,7,13H2,1-2H3,(H,15,16);2*1H/t11-;;/m1../s1. The number of halogens is 2. The van der Waals surface area contributed by atoms with Crippen molar-refractivity contribution in [3.8, 4) is 0 Å². The molecule has 0 saturated carbocycles. The van der Waals surface area contributed by atoms with Crippen LogP contribution in [0.5, 0.6) is 0 Å². The first-order chi connectivity index (χ1) is 7.61. The molecule has 1 aromatic rings. The molecule has 0 fully saturated rings. The molecule has 0 radical (unpaired) electrons. The molecule has 0 aliphatic carbocycles. The highest BCUT2D eigenvalue weighted by Gasteiger charge is 2.15. The Morgan fingerprint density at radius 1 is 1.44 bits per heavy atom. The summed E-state index contributed by atoms with van der Waals surface area (Å²) in [4.78, 5) is 15.5. The van der Waals surface area contributed by atoms with Gasteiger partial charge >= 0.3 is 0 Å². The van der Waals surface area contributed by atoms with E-state index in [4.69, 9.17) is 5.73 Å².